The van der Waals surface area contributed by atoms with Gasteiger partial charge in [0, 0.05) is 74.2 Å². The first-order chi connectivity index (χ1) is 31.7. The van der Waals surface area contributed by atoms with E-state index < -0.39 is 35.7 Å². The second-order valence-corrected chi connectivity index (χ2v) is 17.9. The van der Waals surface area contributed by atoms with Crippen molar-refractivity contribution < 1.29 is 28.8 Å². The number of carbonyl (C=O) groups is 6. The van der Waals surface area contributed by atoms with Gasteiger partial charge < -0.3 is 15.1 Å². The molecule has 1 aromatic heterocycles. The first kappa shape index (κ1) is 43.5. The average molecular weight is 893 g/mol. The number of nitrogens with zero attached hydrogens (tertiary/aromatic N) is 5. The Hall–Kier alpha value is -6.71. The number of nitrogens with one attached hydrogen (secondary N) is 3. The van der Waals surface area contributed by atoms with Crippen molar-refractivity contribution in [2.24, 2.45) is 0 Å². The van der Waals surface area contributed by atoms with Gasteiger partial charge in [0.1, 0.15) is 12.1 Å². The second kappa shape index (κ2) is 19.6. The van der Waals surface area contributed by atoms with E-state index in [2.05, 4.69) is 61.1 Å². The molecule has 14 nitrogen and oxygen atoms in total. The lowest BCUT2D eigenvalue weighted by molar-refractivity contribution is -0.136. The number of piperazine rings is 1. The molecule has 2 fully saturated rings. The van der Waals surface area contributed by atoms with Crippen LogP contribution in [0.3, 0.4) is 0 Å². The number of piperidine rings is 1. The highest BCUT2D eigenvalue weighted by Gasteiger charge is 2.45. The van der Waals surface area contributed by atoms with Crippen LogP contribution in [-0.4, -0.2) is 100 Å². The van der Waals surface area contributed by atoms with Crippen LogP contribution in [0.2, 0.25) is 0 Å². The topological polar surface area (TPSA) is 164 Å². The fourth-order valence-electron chi connectivity index (χ4n) is 9.43. The van der Waals surface area contributed by atoms with Crippen molar-refractivity contribution in [1.82, 2.24) is 25.0 Å². The SMILES string of the molecule is O=C1CCC(N2C(=O)c3cccc(NCCCCCCCCN4CCN(c5ccc(-c6ccc7c(c6)C(=O)N(C(C(=O)Nc6nccs6)c6ccccc6)C7)cc5)CC4)c3C2=O)C(=O)N1. The quantitative estimate of drug-likeness (QED) is 0.0647. The Labute approximate surface area is 382 Å². The lowest BCUT2D eigenvalue weighted by Crippen LogP contribution is -2.54. The Kier molecular flexibility index (Phi) is 13.1. The number of fused-ring (bicyclic) bond motifs is 2. The van der Waals surface area contributed by atoms with Crippen LogP contribution in [0.1, 0.15) is 99.6 Å². The summed E-state index contributed by atoms with van der Waals surface area (Å²) < 4.78 is 0. The molecular formula is C50H52N8O6S. The van der Waals surface area contributed by atoms with E-state index in [1.165, 1.54) is 23.4 Å². The van der Waals surface area contributed by atoms with Crippen molar-refractivity contribution in [3.8, 4) is 11.1 Å². The van der Waals surface area contributed by atoms with E-state index in [-0.39, 0.29) is 30.2 Å². The van der Waals surface area contributed by atoms with Gasteiger partial charge in [0.25, 0.3) is 23.6 Å². The van der Waals surface area contributed by atoms with Gasteiger partial charge >= 0.3 is 0 Å². The van der Waals surface area contributed by atoms with Crippen molar-refractivity contribution in [2.75, 3.05) is 54.8 Å². The molecule has 2 saturated heterocycles. The zero-order valence-electron chi connectivity index (χ0n) is 36.2. The minimum Gasteiger partial charge on any atom is -0.384 e. The van der Waals surface area contributed by atoms with Gasteiger partial charge in [-0.05, 0) is 78.4 Å². The van der Waals surface area contributed by atoms with Crippen molar-refractivity contribution in [3.05, 3.63) is 130 Å². The van der Waals surface area contributed by atoms with Crippen molar-refractivity contribution in [3.63, 3.8) is 0 Å². The number of anilines is 3. The monoisotopic (exact) mass is 892 g/mol. The highest BCUT2D eigenvalue weighted by Crippen LogP contribution is 2.36. The minimum atomic E-state index is -0.977. The van der Waals surface area contributed by atoms with Crippen LogP contribution < -0.4 is 20.9 Å². The molecule has 0 radical (unpaired) electrons. The highest BCUT2D eigenvalue weighted by atomic mass is 32.1. The third kappa shape index (κ3) is 9.43. The Morgan fingerprint density at radius 1 is 0.769 bits per heavy atom. The number of imide groups is 2. The Morgan fingerprint density at radius 3 is 2.28 bits per heavy atom. The molecule has 0 bridgehead atoms. The average Bonchev–Trinajstić information content (AvgIpc) is 4.02. The smallest absolute Gasteiger partial charge is 0.264 e. The van der Waals surface area contributed by atoms with E-state index in [0.717, 1.165) is 92.0 Å². The van der Waals surface area contributed by atoms with Crippen LogP contribution >= 0.6 is 11.3 Å². The Morgan fingerprint density at radius 2 is 1.52 bits per heavy atom. The van der Waals surface area contributed by atoms with Crippen molar-refractivity contribution in [1.29, 1.82) is 0 Å². The van der Waals surface area contributed by atoms with Gasteiger partial charge in [-0.15, -0.1) is 11.3 Å². The summed E-state index contributed by atoms with van der Waals surface area (Å²) in [5.74, 6) is -2.45. The van der Waals surface area contributed by atoms with E-state index in [9.17, 15) is 28.8 Å². The molecule has 4 aromatic carbocycles. The van der Waals surface area contributed by atoms with Crippen LogP contribution in [0.25, 0.3) is 11.1 Å². The largest absolute Gasteiger partial charge is 0.384 e. The summed E-state index contributed by atoms with van der Waals surface area (Å²) in [6.45, 7) is 6.08. The number of amides is 6. The fraction of sp³-hybridized carbons (Fsp3) is 0.340. The lowest BCUT2D eigenvalue weighted by atomic mass is 10.00. The van der Waals surface area contributed by atoms with Gasteiger partial charge in [-0.25, -0.2) is 4.98 Å². The van der Waals surface area contributed by atoms with Crippen molar-refractivity contribution >= 4 is 63.3 Å². The van der Waals surface area contributed by atoms with Crippen LogP contribution in [-0.2, 0) is 20.9 Å². The number of rotatable bonds is 17. The van der Waals surface area contributed by atoms with E-state index in [0.29, 0.717) is 35.0 Å². The van der Waals surface area contributed by atoms with Crippen molar-refractivity contribution in [2.45, 2.75) is 70.0 Å². The molecule has 9 rings (SSSR count). The van der Waals surface area contributed by atoms with Gasteiger partial charge in [0.2, 0.25) is 11.8 Å². The predicted octanol–water partition coefficient (Wildman–Crippen LogP) is 7.12. The summed E-state index contributed by atoms with van der Waals surface area (Å²) in [6.07, 6.45) is 8.49. The molecule has 5 heterocycles. The summed E-state index contributed by atoms with van der Waals surface area (Å²) in [7, 11) is 0. The van der Waals surface area contributed by atoms with Crippen LogP contribution in [0.4, 0.5) is 16.5 Å². The normalized spacial score (nSPS) is 17.9. The molecular weight excluding hydrogens is 841 g/mol. The summed E-state index contributed by atoms with van der Waals surface area (Å²) in [4.78, 5) is 89.9. The number of hydrogen-bond donors (Lipinski definition) is 3. The third-order valence-corrected chi connectivity index (χ3v) is 13.6. The van der Waals surface area contributed by atoms with E-state index in [4.69, 9.17) is 0 Å². The molecule has 3 N–H and O–H groups in total. The predicted molar refractivity (Wildman–Crippen MR) is 250 cm³/mol. The molecule has 0 spiro atoms. The van der Waals surface area contributed by atoms with Crippen LogP contribution in [0.5, 0.6) is 0 Å². The van der Waals surface area contributed by atoms with E-state index >= 15 is 0 Å². The molecule has 65 heavy (non-hydrogen) atoms. The number of hydrogen-bond acceptors (Lipinski definition) is 11. The summed E-state index contributed by atoms with van der Waals surface area (Å²) in [5.41, 5.74) is 6.63. The molecule has 0 aliphatic carbocycles. The molecule has 2 unspecified atom stereocenters. The number of carbonyl (C=O) groups excluding carboxylic acids is 6. The summed E-state index contributed by atoms with van der Waals surface area (Å²) in [6, 6.07) is 27.4. The lowest BCUT2D eigenvalue weighted by Gasteiger charge is -2.36. The molecule has 15 heteroatoms. The first-order valence-corrected chi connectivity index (χ1v) is 23.5. The number of aromatic nitrogens is 1. The van der Waals surface area contributed by atoms with Crippen LogP contribution in [0.15, 0.2) is 103 Å². The number of thiazole rings is 1. The third-order valence-electron chi connectivity index (χ3n) is 12.9. The van der Waals surface area contributed by atoms with Gasteiger partial charge in [0.05, 0.1) is 11.1 Å². The molecule has 6 amide bonds. The molecule has 2 atom stereocenters. The van der Waals surface area contributed by atoms with E-state index in [1.54, 1.807) is 34.7 Å². The highest BCUT2D eigenvalue weighted by molar-refractivity contribution is 7.13. The zero-order chi connectivity index (χ0) is 44.9. The summed E-state index contributed by atoms with van der Waals surface area (Å²) >= 11 is 1.34. The zero-order valence-corrected chi connectivity index (χ0v) is 37.0. The Bertz CT molecular complexity index is 2580. The number of unbranched alkanes of at least 4 members (excludes halogenated alkanes) is 5. The van der Waals surface area contributed by atoms with Gasteiger partial charge in [-0.1, -0.05) is 86.3 Å². The molecule has 4 aliphatic heterocycles. The fourth-order valence-corrected chi connectivity index (χ4v) is 9.96. The van der Waals surface area contributed by atoms with Gasteiger partial charge in [-0.2, -0.15) is 0 Å². The first-order valence-electron chi connectivity index (χ1n) is 22.6. The minimum absolute atomic E-state index is 0.0907. The Balaban J connectivity index is 0.686. The van der Waals surface area contributed by atoms with Gasteiger partial charge in [-0.3, -0.25) is 49.2 Å². The molecule has 334 valence electrons. The van der Waals surface area contributed by atoms with Crippen LogP contribution in [0, 0.1) is 0 Å². The molecule has 4 aliphatic rings. The standard InChI is InChI=1S/C50H52N8O6S/c59-42-22-21-41(45(60)53-42)58-48(63)38-13-10-14-40(43(38)49(58)64)51-23-8-3-1-2-4-9-25-55-26-28-56(29-27-55)37-19-17-33(18-20-37)35-15-16-36-32-57(47(62)39(36)31-35)44(34-11-6-5-7-12-34)46(61)54-50-52-24-30-65-50/h5-7,10-20,24,30-31,41,44,51H,1-4,8-9,21-23,25-29,32H2,(H,52,54,61)(H,53,59,60). The second-order valence-electron chi connectivity index (χ2n) is 17.0. The number of benzene rings is 4. The maximum absolute atomic E-state index is 14.0. The molecule has 0 saturated carbocycles. The maximum atomic E-state index is 14.0. The van der Waals surface area contributed by atoms with E-state index in [1.807, 2.05) is 42.5 Å². The van der Waals surface area contributed by atoms with Gasteiger partial charge in [0.15, 0.2) is 5.13 Å². The maximum Gasteiger partial charge on any atom is 0.264 e. The molecule has 5 aromatic rings. The summed E-state index contributed by atoms with van der Waals surface area (Å²) in [5, 5.41) is 10.8.